The molecule has 1 fully saturated rings. The second-order valence-electron chi connectivity index (χ2n) is 10.2. The molecule has 1 aromatic carbocycles. The average Bonchev–Trinajstić information content (AvgIpc) is 3.11. The smallest absolute Gasteiger partial charge is 0.340 e. The summed E-state index contributed by atoms with van der Waals surface area (Å²) in [7, 11) is 0. The number of aromatic nitrogens is 1. The number of hydrogen-bond donors (Lipinski definition) is 0. The van der Waals surface area contributed by atoms with Gasteiger partial charge >= 0.3 is 5.63 Å². The maximum Gasteiger partial charge on any atom is 0.340 e. The molecule has 2 atom stereocenters. The van der Waals surface area contributed by atoms with Crippen LogP contribution in [0.5, 0.6) is 0 Å². The lowest BCUT2D eigenvalue weighted by molar-refractivity contribution is -0.133. The maximum absolute atomic E-state index is 13.4. The summed E-state index contributed by atoms with van der Waals surface area (Å²) in [5.74, 6) is 1.11. The van der Waals surface area contributed by atoms with Gasteiger partial charge in [-0.05, 0) is 68.9 Å². The topological polar surface area (TPSA) is 85.7 Å². The molecule has 180 valence electrons. The van der Waals surface area contributed by atoms with Gasteiger partial charge < -0.3 is 18.3 Å². The number of carbonyl (C=O) groups is 1. The van der Waals surface area contributed by atoms with Crippen molar-refractivity contribution in [2.45, 2.75) is 53.0 Å². The molecule has 2 bridgehead atoms. The van der Waals surface area contributed by atoms with Crippen molar-refractivity contribution in [2.75, 3.05) is 13.1 Å². The predicted molar refractivity (Wildman–Crippen MR) is 133 cm³/mol. The van der Waals surface area contributed by atoms with Gasteiger partial charge in [-0.1, -0.05) is 6.07 Å². The van der Waals surface area contributed by atoms with E-state index in [9.17, 15) is 14.4 Å². The van der Waals surface area contributed by atoms with E-state index < -0.39 is 5.63 Å². The van der Waals surface area contributed by atoms with E-state index in [4.69, 9.17) is 8.83 Å². The van der Waals surface area contributed by atoms with Gasteiger partial charge in [0.25, 0.3) is 5.56 Å². The summed E-state index contributed by atoms with van der Waals surface area (Å²) in [6.45, 7) is 9.58. The molecule has 4 aromatic rings. The van der Waals surface area contributed by atoms with Crippen molar-refractivity contribution < 1.29 is 13.6 Å². The van der Waals surface area contributed by atoms with E-state index in [-0.39, 0.29) is 29.7 Å². The van der Waals surface area contributed by atoms with E-state index in [2.05, 4.69) is 0 Å². The van der Waals surface area contributed by atoms with Gasteiger partial charge in [0.2, 0.25) is 5.91 Å². The molecule has 0 spiro atoms. The quantitative estimate of drug-likeness (QED) is 0.410. The number of amides is 1. The van der Waals surface area contributed by atoms with E-state index in [0.29, 0.717) is 36.4 Å². The van der Waals surface area contributed by atoms with Gasteiger partial charge in [0, 0.05) is 42.7 Å². The molecule has 5 heterocycles. The molecule has 3 aromatic heterocycles. The van der Waals surface area contributed by atoms with Crippen molar-refractivity contribution in [2.24, 2.45) is 5.92 Å². The molecule has 0 N–H and O–H groups in total. The average molecular weight is 473 g/mol. The first-order valence-corrected chi connectivity index (χ1v) is 12.2. The Kier molecular flexibility index (Phi) is 4.82. The van der Waals surface area contributed by atoms with Crippen LogP contribution in [0.15, 0.2) is 42.7 Å². The third-order valence-electron chi connectivity index (χ3n) is 8.04. The molecule has 0 unspecified atom stereocenters. The number of piperidine rings is 1. The molecular formula is C28H28N2O5. The Hall–Kier alpha value is -3.61. The van der Waals surface area contributed by atoms with Crippen LogP contribution in [0.4, 0.5) is 0 Å². The number of fused-ring (bicyclic) bond motifs is 7. The first-order chi connectivity index (χ1) is 16.7. The van der Waals surface area contributed by atoms with Crippen LogP contribution in [0.25, 0.3) is 21.9 Å². The molecular weight excluding hydrogens is 444 g/mol. The molecule has 7 nitrogen and oxygen atoms in total. The first kappa shape index (κ1) is 21.9. The number of benzene rings is 1. The van der Waals surface area contributed by atoms with Gasteiger partial charge in [-0.25, -0.2) is 4.79 Å². The number of hydrogen-bond acceptors (Lipinski definition) is 5. The van der Waals surface area contributed by atoms with E-state index >= 15 is 0 Å². The zero-order valence-corrected chi connectivity index (χ0v) is 20.4. The Bertz CT molecular complexity index is 1650. The lowest BCUT2D eigenvalue weighted by Crippen LogP contribution is -2.49. The van der Waals surface area contributed by atoms with Crippen LogP contribution in [-0.2, 0) is 17.8 Å². The zero-order valence-electron chi connectivity index (χ0n) is 20.4. The highest BCUT2D eigenvalue weighted by Gasteiger charge is 2.36. The zero-order chi connectivity index (χ0) is 24.6. The van der Waals surface area contributed by atoms with Crippen LogP contribution in [0.3, 0.4) is 0 Å². The van der Waals surface area contributed by atoms with E-state index in [0.717, 1.165) is 45.3 Å². The van der Waals surface area contributed by atoms with Crippen molar-refractivity contribution in [3.05, 3.63) is 78.7 Å². The Balaban J connectivity index is 1.37. The van der Waals surface area contributed by atoms with Crippen molar-refractivity contribution in [1.29, 1.82) is 0 Å². The van der Waals surface area contributed by atoms with Crippen molar-refractivity contribution in [3.8, 4) is 0 Å². The summed E-state index contributed by atoms with van der Waals surface area (Å²) in [6, 6.07) is 7.25. The number of rotatable bonds is 2. The monoisotopic (exact) mass is 472 g/mol. The summed E-state index contributed by atoms with van der Waals surface area (Å²) in [6.07, 6.45) is 0.956. The minimum absolute atomic E-state index is 0.0147. The number of aryl methyl sites for hydroxylation is 4. The van der Waals surface area contributed by atoms with Gasteiger partial charge in [-0.15, -0.1) is 0 Å². The van der Waals surface area contributed by atoms with Crippen LogP contribution in [0.1, 0.15) is 46.0 Å². The molecule has 0 aliphatic carbocycles. The van der Waals surface area contributed by atoms with E-state index in [1.54, 1.807) is 12.1 Å². The maximum atomic E-state index is 13.4. The van der Waals surface area contributed by atoms with E-state index in [1.807, 2.05) is 49.3 Å². The van der Waals surface area contributed by atoms with Gasteiger partial charge in [0.05, 0.1) is 17.4 Å². The molecule has 7 heteroatoms. The third kappa shape index (κ3) is 3.28. The Morgan fingerprint density at radius 1 is 1.00 bits per heavy atom. The van der Waals surface area contributed by atoms with Crippen LogP contribution in [0, 0.1) is 33.6 Å². The molecule has 1 saturated heterocycles. The Morgan fingerprint density at radius 2 is 1.80 bits per heavy atom. The number of pyridine rings is 1. The minimum atomic E-state index is -0.476. The molecule has 0 radical (unpaired) electrons. The van der Waals surface area contributed by atoms with Gasteiger partial charge in [-0.3, -0.25) is 9.59 Å². The largest absolute Gasteiger partial charge is 0.460 e. The summed E-state index contributed by atoms with van der Waals surface area (Å²) < 4.78 is 13.7. The molecule has 35 heavy (non-hydrogen) atoms. The fourth-order valence-electron chi connectivity index (χ4n) is 6.20. The number of likely N-dealkylation sites (tertiary alicyclic amines) is 1. The highest BCUT2D eigenvalue weighted by Crippen LogP contribution is 2.37. The Morgan fingerprint density at radius 3 is 2.60 bits per heavy atom. The van der Waals surface area contributed by atoms with Crippen LogP contribution < -0.4 is 11.2 Å². The highest BCUT2D eigenvalue weighted by molar-refractivity contribution is 6.07. The molecule has 6 rings (SSSR count). The van der Waals surface area contributed by atoms with Gasteiger partial charge in [0.1, 0.15) is 16.9 Å². The SMILES string of the molecule is Cc1oc2c(c(C)cc3oc(=O)c(CC(=O)N4C[C@@H]5C[C@H](C4)c4cccc(=O)n4C5)c(C)c32)c1C. The first-order valence-electron chi connectivity index (χ1n) is 12.2. The number of carbonyl (C=O) groups excluding carboxylic acids is 1. The lowest BCUT2D eigenvalue weighted by atomic mass is 9.83. The number of furan rings is 1. The van der Waals surface area contributed by atoms with E-state index in [1.165, 1.54) is 0 Å². The molecule has 0 saturated carbocycles. The third-order valence-corrected chi connectivity index (χ3v) is 8.04. The summed E-state index contributed by atoms with van der Waals surface area (Å²) in [5, 5.41) is 1.79. The minimum Gasteiger partial charge on any atom is -0.460 e. The fraction of sp³-hybridized carbons (Fsp3) is 0.393. The summed E-state index contributed by atoms with van der Waals surface area (Å²) >= 11 is 0. The van der Waals surface area contributed by atoms with Crippen molar-refractivity contribution in [3.63, 3.8) is 0 Å². The lowest BCUT2D eigenvalue weighted by Gasteiger charge is -2.42. The van der Waals surface area contributed by atoms with Gasteiger partial charge in [-0.2, -0.15) is 0 Å². The van der Waals surface area contributed by atoms with Crippen LogP contribution >= 0.6 is 0 Å². The van der Waals surface area contributed by atoms with Crippen LogP contribution in [-0.4, -0.2) is 28.5 Å². The predicted octanol–water partition coefficient (Wildman–Crippen LogP) is 4.12. The van der Waals surface area contributed by atoms with Crippen LogP contribution in [0.2, 0.25) is 0 Å². The van der Waals surface area contributed by atoms with Crippen molar-refractivity contribution in [1.82, 2.24) is 9.47 Å². The number of nitrogens with zero attached hydrogens (tertiary/aromatic N) is 2. The molecule has 1 amide bonds. The summed E-state index contributed by atoms with van der Waals surface area (Å²) in [5.41, 5.74) is 4.91. The normalized spacial score (nSPS) is 19.4. The Labute approximate surface area is 201 Å². The standard InChI is InChI=1S/C28H28N2O5/c1-14-8-22-26(27-25(14)15(2)17(4)34-27)16(3)20(28(33)35-22)10-24(32)29-11-18-9-19(13-29)21-6-5-7-23(31)30(21)12-18/h5-8,18-19H,9-13H2,1-4H3/t18-,19+/m0/s1. The second kappa shape index (κ2) is 7.70. The van der Waals surface area contributed by atoms with Gasteiger partial charge in [0.15, 0.2) is 0 Å². The van der Waals surface area contributed by atoms with Crippen molar-refractivity contribution >= 4 is 27.8 Å². The highest BCUT2D eigenvalue weighted by atomic mass is 16.4. The summed E-state index contributed by atoms with van der Waals surface area (Å²) in [4.78, 5) is 40.6. The fourth-order valence-corrected chi connectivity index (χ4v) is 6.20. The molecule has 2 aliphatic heterocycles. The molecule has 2 aliphatic rings. The second-order valence-corrected chi connectivity index (χ2v) is 10.2.